The molecule has 0 saturated carbocycles. The first kappa shape index (κ1) is 13.2. The summed E-state index contributed by atoms with van der Waals surface area (Å²) in [6.07, 6.45) is 2.39. The van der Waals surface area contributed by atoms with E-state index in [9.17, 15) is 0 Å². The van der Waals surface area contributed by atoms with E-state index in [2.05, 4.69) is 6.55 Å². The molecule has 0 saturated heterocycles. The zero-order valence-corrected chi connectivity index (χ0v) is 14.3. The summed E-state index contributed by atoms with van der Waals surface area (Å²) in [7, 11) is 0. The average Bonchev–Trinajstić information content (AvgIpc) is 1.78. The summed E-state index contributed by atoms with van der Waals surface area (Å²) in [5, 5.41) is 0. The van der Waals surface area contributed by atoms with Crippen LogP contribution in [0.25, 0.3) is 0 Å². The molecule has 0 unspecified atom stereocenters. The third-order valence-corrected chi connectivity index (χ3v) is 7.68. The first-order chi connectivity index (χ1) is 4.92. The number of unbranched alkanes of at least 4 members (excludes halogenated alkanes) is 1. The van der Waals surface area contributed by atoms with Crippen LogP contribution >= 0.6 is 33.2 Å². The minimum absolute atomic E-state index is 0.0730. The van der Waals surface area contributed by atoms with Gasteiger partial charge in [-0.25, -0.2) is 0 Å². The molecule has 0 radical (unpaired) electrons. The summed E-state index contributed by atoms with van der Waals surface area (Å²) < 4.78 is 0. The maximum atomic E-state index is 5.74. The third kappa shape index (κ3) is 12.2. The second kappa shape index (κ2) is 6.60. The summed E-state index contributed by atoms with van der Waals surface area (Å²) in [6, 6.07) is -0.0395. The molecule has 11 heavy (non-hydrogen) atoms. The van der Waals surface area contributed by atoms with Crippen LogP contribution in [-0.4, -0.2) is 11.5 Å². The van der Waals surface area contributed by atoms with Gasteiger partial charge in [-0.1, -0.05) is 0 Å². The Kier molecular flexibility index (Phi) is 7.91. The normalized spacial score (nSPS) is 11.8. The first-order valence-corrected chi connectivity index (χ1v) is 16.4. The van der Waals surface area contributed by atoms with E-state index in [0.717, 1.165) is 12.5 Å². The number of hydrogen-bond acceptors (Lipinski definition) is 0. The van der Waals surface area contributed by atoms with Crippen LogP contribution in [0.3, 0.4) is 0 Å². The van der Waals surface area contributed by atoms with Gasteiger partial charge < -0.3 is 0 Å². The summed E-state index contributed by atoms with van der Waals surface area (Å²) in [6.45, 7) is 2.38. The SMILES string of the molecule is C[Si](=[Hf+2])CCCC[Si](Cl)(Cl)Cl. The molecule has 0 aliphatic carbocycles. The molecule has 0 aliphatic heterocycles. The van der Waals surface area contributed by atoms with Crippen molar-refractivity contribution < 1.29 is 23.0 Å². The molecule has 0 aromatic rings. The molecule has 0 aromatic heterocycles. The van der Waals surface area contributed by atoms with Crippen LogP contribution in [0.1, 0.15) is 12.8 Å². The Morgan fingerprint density at radius 1 is 1.27 bits per heavy atom. The van der Waals surface area contributed by atoms with Crippen molar-refractivity contribution in [2.45, 2.75) is 31.5 Å². The molecule has 0 spiro atoms. The Hall–Kier alpha value is 2.17. The van der Waals surface area contributed by atoms with Crippen molar-refractivity contribution in [1.29, 1.82) is 0 Å². The van der Waals surface area contributed by atoms with Crippen LogP contribution in [0.2, 0.25) is 18.6 Å². The zero-order valence-electron chi connectivity index (χ0n) is 6.46. The molecule has 0 N–H and O–H groups in total. The van der Waals surface area contributed by atoms with Gasteiger partial charge >= 0.3 is 99.2 Å². The number of halogens is 3. The summed E-state index contributed by atoms with van der Waals surface area (Å²) in [5.74, 6) is 0. The fourth-order valence-corrected chi connectivity index (χ4v) is 5.25. The van der Waals surface area contributed by atoms with Crippen molar-refractivity contribution in [3.63, 3.8) is 0 Å². The van der Waals surface area contributed by atoms with Gasteiger partial charge in [0.05, 0.1) is 0 Å². The van der Waals surface area contributed by atoms with Crippen LogP contribution in [0, 0.1) is 0 Å². The van der Waals surface area contributed by atoms with Crippen LogP contribution in [-0.2, 0) is 23.0 Å². The monoisotopic (exact) mass is 412 g/mol. The average molecular weight is 412 g/mol. The van der Waals surface area contributed by atoms with Gasteiger partial charge in [-0.2, -0.15) is 0 Å². The fourth-order valence-electron chi connectivity index (χ4n) is 0.716. The van der Waals surface area contributed by atoms with Crippen molar-refractivity contribution >= 4 is 44.7 Å². The summed E-state index contributed by atoms with van der Waals surface area (Å²) in [4.78, 5) is 0. The first-order valence-electron chi connectivity index (χ1n) is 3.52. The molecule has 0 rings (SSSR count). The molecule has 0 bridgehead atoms. The number of rotatable bonds is 5. The van der Waals surface area contributed by atoms with Crippen molar-refractivity contribution in [2.75, 3.05) is 0 Å². The molecular weight excluding hydrogens is 401 g/mol. The molecule has 0 amide bonds. The van der Waals surface area contributed by atoms with Crippen LogP contribution in [0.15, 0.2) is 0 Å². The minimum atomic E-state index is -2.29. The molecule has 0 heterocycles. The second-order valence-electron chi connectivity index (χ2n) is 2.60. The topological polar surface area (TPSA) is 0 Å². The zero-order chi connectivity index (χ0) is 8.91. The standard InChI is InChI=1S/C5H11Cl3Si2.Hf/c1-9-4-2-3-5-10(6,7)8;/h2-5H2,1H3;/q;+2. The van der Waals surface area contributed by atoms with Crippen molar-refractivity contribution in [3.8, 4) is 0 Å². The molecule has 0 fully saturated rings. The van der Waals surface area contributed by atoms with E-state index >= 15 is 0 Å². The second-order valence-corrected chi connectivity index (χ2v) is 23.1. The Bertz CT molecular complexity index is 134. The molecule has 62 valence electrons. The predicted molar refractivity (Wildman–Crippen MR) is 53.8 cm³/mol. The van der Waals surface area contributed by atoms with E-state index in [0.29, 0.717) is 0 Å². The third-order valence-electron chi connectivity index (χ3n) is 1.26. The van der Waals surface area contributed by atoms with Crippen molar-refractivity contribution in [3.05, 3.63) is 0 Å². The van der Waals surface area contributed by atoms with Gasteiger partial charge in [-0.3, -0.25) is 0 Å². The Labute approximate surface area is 98.2 Å². The van der Waals surface area contributed by atoms with Crippen molar-refractivity contribution in [1.82, 2.24) is 0 Å². The Morgan fingerprint density at radius 3 is 2.18 bits per heavy atom. The van der Waals surface area contributed by atoms with E-state index < -0.39 is 6.00 Å². The number of hydrogen-bond donors (Lipinski definition) is 0. The van der Waals surface area contributed by atoms with Gasteiger partial charge in [-0.05, 0) is 0 Å². The van der Waals surface area contributed by atoms with Crippen LogP contribution < -0.4 is 0 Å². The van der Waals surface area contributed by atoms with Gasteiger partial charge in [0, 0.05) is 0 Å². The fraction of sp³-hybridized carbons (Fsp3) is 1.00. The van der Waals surface area contributed by atoms with Gasteiger partial charge in [0.15, 0.2) is 0 Å². The maximum absolute atomic E-state index is 5.74. The van der Waals surface area contributed by atoms with Gasteiger partial charge in [0.2, 0.25) is 0 Å². The van der Waals surface area contributed by atoms with Gasteiger partial charge in [-0.15, -0.1) is 0 Å². The molecule has 0 aromatic carbocycles. The Morgan fingerprint density at radius 2 is 1.82 bits per heavy atom. The van der Waals surface area contributed by atoms with E-state index in [4.69, 9.17) is 33.2 Å². The molecule has 0 atom stereocenters. The van der Waals surface area contributed by atoms with Crippen molar-refractivity contribution in [2.24, 2.45) is 0 Å². The summed E-state index contributed by atoms with van der Waals surface area (Å²) in [5.41, 5.74) is 0.0730. The van der Waals surface area contributed by atoms with Gasteiger partial charge in [0.1, 0.15) is 0 Å². The van der Waals surface area contributed by atoms with E-state index in [-0.39, 0.29) is 5.49 Å². The van der Waals surface area contributed by atoms with E-state index in [1.54, 1.807) is 0 Å². The molecule has 6 heteroatoms. The van der Waals surface area contributed by atoms with E-state index in [1.165, 1.54) is 35.5 Å². The quantitative estimate of drug-likeness (QED) is 0.368. The molecular formula is C5H11Cl3HfSi2+2. The van der Waals surface area contributed by atoms with Crippen LogP contribution in [0.5, 0.6) is 0 Å². The van der Waals surface area contributed by atoms with Gasteiger partial charge in [0.25, 0.3) is 0 Å². The summed E-state index contributed by atoms with van der Waals surface area (Å²) >= 11 is 18.6. The molecule has 0 aliphatic rings. The van der Waals surface area contributed by atoms with E-state index in [1.807, 2.05) is 0 Å². The van der Waals surface area contributed by atoms with Crippen LogP contribution in [0.4, 0.5) is 0 Å². The molecule has 0 nitrogen and oxygen atoms in total. The Balaban J connectivity index is 3.22. The predicted octanol–water partition coefficient (Wildman–Crippen LogP) is 3.59.